The van der Waals surface area contributed by atoms with Crippen LogP contribution < -0.4 is 11.1 Å². The lowest BCUT2D eigenvalue weighted by molar-refractivity contribution is 0.0600. The lowest BCUT2D eigenvalue weighted by Crippen LogP contribution is -2.23. The van der Waals surface area contributed by atoms with Gasteiger partial charge in [0.2, 0.25) is 0 Å². The van der Waals surface area contributed by atoms with Crippen molar-refractivity contribution < 1.29 is 14.3 Å². The molecule has 2 aromatic carbocycles. The van der Waals surface area contributed by atoms with Crippen molar-refractivity contribution in [3.8, 4) is 5.69 Å². The molecule has 0 spiro atoms. The fourth-order valence-electron chi connectivity index (χ4n) is 2.73. The smallest absolute Gasteiger partial charge is 0.337 e. The van der Waals surface area contributed by atoms with Crippen LogP contribution in [-0.2, 0) is 11.3 Å². The van der Waals surface area contributed by atoms with Gasteiger partial charge in [-0.15, -0.1) is 0 Å². The van der Waals surface area contributed by atoms with Gasteiger partial charge in [-0.25, -0.2) is 4.79 Å². The first-order chi connectivity index (χ1) is 13.4. The molecule has 0 aliphatic rings. The van der Waals surface area contributed by atoms with E-state index in [1.165, 1.54) is 7.11 Å². The summed E-state index contributed by atoms with van der Waals surface area (Å²) in [7, 11) is 1.32. The molecule has 0 atom stereocenters. The highest BCUT2D eigenvalue weighted by Gasteiger charge is 2.20. The van der Waals surface area contributed by atoms with E-state index in [2.05, 4.69) is 5.32 Å². The van der Waals surface area contributed by atoms with Crippen molar-refractivity contribution in [3.05, 3.63) is 74.1 Å². The minimum atomic E-state index is -0.456. The number of hydrogen-bond acceptors (Lipinski definition) is 6. The minimum Gasteiger partial charge on any atom is -0.465 e. The number of anilines is 1. The number of nitrogens with zero attached hydrogens (tertiary/aromatic N) is 1. The lowest BCUT2D eigenvalue weighted by atomic mass is 10.1. The number of aryl methyl sites for hydroxylation is 1. The number of ether oxygens (including phenoxy) is 1. The molecule has 0 aliphatic carbocycles. The number of amides is 1. The normalized spacial score (nSPS) is 10.5. The highest BCUT2D eigenvalue weighted by Crippen LogP contribution is 2.28. The van der Waals surface area contributed by atoms with Crippen molar-refractivity contribution in [2.75, 3.05) is 12.8 Å². The molecule has 0 radical (unpaired) electrons. The Hall–Kier alpha value is -2.97. The standard InChI is InChI=1S/C20H19N3O3S2/c1-12-8-9-14(19(25)26-2)10-15(12)23-17(21)16(28-20(23)27)18(24)22-11-13-6-4-3-5-7-13/h3-10H,11,21H2,1-2H3,(H,22,24). The fourth-order valence-corrected chi connectivity index (χ4v) is 4.00. The van der Waals surface area contributed by atoms with Crippen molar-refractivity contribution in [3.63, 3.8) is 0 Å². The number of nitrogens with two attached hydrogens (primary N) is 1. The van der Waals surface area contributed by atoms with E-state index in [9.17, 15) is 9.59 Å². The Labute approximate surface area is 171 Å². The molecule has 3 N–H and O–H groups in total. The number of carbonyl (C=O) groups is 2. The van der Waals surface area contributed by atoms with Crippen LogP contribution in [0.2, 0.25) is 0 Å². The van der Waals surface area contributed by atoms with E-state index in [1.54, 1.807) is 22.8 Å². The predicted octanol–water partition coefficient (Wildman–Crippen LogP) is 3.88. The van der Waals surface area contributed by atoms with Crippen LogP contribution in [0.3, 0.4) is 0 Å². The average molecular weight is 414 g/mol. The van der Waals surface area contributed by atoms with Gasteiger partial charge in [0.15, 0.2) is 3.95 Å². The van der Waals surface area contributed by atoms with Crippen molar-refractivity contribution >= 4 is 41.2 Å². The third kappa shape index (κ3) is 3.97. The molecule has 144 valence electrons. The van der Waals surface area contributed by atoms with Crippen molar-refractivity contribution in [2.45, 2.75) is 13.5 Å². The monoisotopic (exact) mass is 413 g/mol. The number of esters is 1. The quantitative estimate of drug-likeness (QED) is 0.490. The van der Waals surface area contributed by atoms with E-state index in [0.29, 0.717) is 26.6 Å². The van der Waals surface area contributed by atoms with Gasteiger partial charge in [0.25, 0.3) is 5.91 Å². The van der Waals surface area contributed by atoms with Gasteiger partial charge >= 0.3 is 5.97 Å². The third-order valence-corrected chi connectivity index (χ3v) is 5.61. The summed E-state index contributed by atoms with van der Waals surface area (Å²) < 4.78 is 6.81. The Morgan fingerprint density at radius 3 is 2.61 bits per heavy atom. The van der Waals surface area contributed by atoms with Crippen LogP contribution in [0.1, 0.15) is 31.2 Å². The molecule has 3 aromatic rings. The minimum absolute atomic E-state index is 0.241. The van der Waals surface area contributed by atoms with E-state index >= 15 is 0 Å². The zero-order valence-corrected chi connectivity index (χ0v) is 17.0. The van der Waals surface area contributed by atoms with Crippen LogP contribution in [0.4, 0.5) is 5.82 Å². The summed E-state index contributed by atoms with van der Waals surface area (Å²) in [4.78, 5) is 24.8. The zero-order chi connectivity index (χ0) is 20.3. The Morgan fingerprint density at radius 2 is 1.93 bits per heavy atom. The molecule has 3 rings (SSSR count). The van der Waals surface area contributed by atoms with Gasteiger partial charge in [-0.1, -0.05) is 47.7 Å². The van der Waals surface area contributed by atoms with E-state index in [0.717, 1.165) is 22.5 Å². The third-order valence-electron chi connectivity index (χ3n) is 4.22. The average Bonchev–Trinajstić information content (AvgIpc) is 3.01. The summed E-state index contributed by atoms with van der Waals surface area (Å²) in [5, 5.41) is 2.86. The number of thiazole rings is 1. The molecule has 8 heteroatoms. The lowest BCUT2D eigenvalue weighted by Gasteiger charge is -2.11. The van der Waals surface area contributed by atoms with Gasteiger partial charge in [-0.05, 0) is 42.4 Å². The van der Waals surface area contributed by atoms with E-state index in [-0.39, 0.29) is 11.7 Å². The SMILES string of the molecule is COC(=O)c1ccc(C)c(-n2c(N)c(C(=O)NCc3ccccc3)sc2=S)c1. The number of aromatic nitrogens is 1. The number of nitrogen functional groups attached to an aromatic ring is 1. The Bertz CT molecular complexity index is 1090. The fraction of sp³-hybridized carbons (Fsp3) is 0.150. The summed E-state index contributed by atoms with van der Waals surface area (Å²) in [6.45, 7) is 2.27. The van der Waals surface area contributed by atoms with Crippen LogP contribution in [0.5, 0.6) is 0 Å². The molecule has 0 saturated heterocycles. The molecule has 0 unspecified atom stereocenters. The molecule has 6 nitrogen and oxygen atoms in total. The summed E-state index contributed by atoms with van der Waals surface area (Å²) in [6.07, 6.45) is 0. The molecule has 1 amide bonds. The molecule has 0 aliphatic heterocycles. The second-order valence-electron chi connectivity index (χ2n) is 6.08. The molecular formula is C20H19N3O3S2. The van der Waals surface area contributed by atoms with Gasteiger partial charge in [0.05, 0.1) is 18.4 Å². The Balaban J connectivity index is 1.93. The largest absolute Gasteiger partial charge is 0.465 e. The number of carbonyl (C=O) groups excluding carboxylic acids is 2. The van der Waals surface area contributed by atoms with Crippen molar-refractivity contribution in [1.29, 1.82) is 0 Å². The van der Waals surface area contributed by atoms with Gasteiger partial charge in [-0.2, -0.15) is 0 Å². The summed E-state index contributed by atoms with van der Waals surface area (Å²) in [5.41, 5.74) is 9.14. The van der Waals surface area contributed by atoms with E-state index in [4.69, 9.17) is 22.7 Å². The summed E-state index contributed by atoms with van der Waals surface area (Å²) in [6, 6.07) is 14.7. The zero-order valence-electron chi connectivity index (χ0n) is 15.4. The Kier molecular flexibility index (Phi) is 5.91. The maximum Gasteiger partial charge on any atom is 0.337 e. The van der Waals surface area contributed by atoms with Crippen LogP contribution in [0.25, 0.3) is 5.69 Å². The maximum absolute atomic E-state index is 12.6. The first-order valence-corrected chi connectivity index (χ1v) is 9.67. The molecular weight excluding hydrogens is 394 g/mol. The number of benzene rings is 2. The second-order valence-corrected chi connectivity index (χ2v) is 7.72. The molecule has 28 heavy (non-hydrogen) atoms. The second kappa shape index (κ2) is 8.37. The summed E-state index contributed by atoms with van der Waals surface area (Å²) in [5.74, 6) is -0.508. The van der Waals surface area contributed by atoms with Crippen molar-refractivity contribution in [1.82, 2.24) is 9.88 Å². The van der Waals surface area contributed by atoms with Gasteiger partial charge in [-0.3, -0.25) is 9.36 Å². The highest BCUT2D eigenvalue weighted by atomic mass is 32.1. The molecule has 1 heterocycles. The molecule has 1 aromatic heterocycles. The predicted molar refractivity (Wildman–Crippen MR) is 113 cm³/mol. The van der Waals surface area contributed by atoms with Gasteiger partial charge < -0.3 is 15.8 Å². The van der Waals surface area contributed by atoms with Crippen LogP contribution in [0.15, 0.2) is 48.5 Å². The van der Waals surface area contributed by atoms with Gasteiger partial charge in [0.1, 0.15) is 10.7 Å². The number of rotatable bonds is 5. The number of nitrogens with one attached hydrogen (secondary N) is 1. The topological polar surface area (TPSA) is 86.3 Å². The number of methoxy groups -OCH3 is 1. The van der Waals surface area contributed by atoms with Gasteiger partial charge in [0, 0.05) is 6.54 Å². The molecule has 0 fully saturated rings. The maximum atomic E-state index is 12.6. The highest BCUT2D eigenvalue weighted by molar-refractivity contribution is 7.73. The van der Waals surface area contributed by atoms with Crippen LogP contribution in [-0.4, -0.2) is 23.6 Å². The Morgan fingerprint density at radius 1 is 1.21 bits per heavy atom. The number of hydrogen-bond donors (Lipinski definition) is 2. The summed E-state index contributed by atoms with van der Waals surface area (Å²) >= 11 is 6.57. The molecule has 0 bridgehead atoms. The van der Waals surface area contributed by atoms with Crippen molar-refractivity contribution in [2.24, 2.45) is 0 Å². The van der Waals surface area contributed by atoms with E-state index < -0.39 is 5.97 Å². The van der Waals surface area contributed by atoms with Crippen LogP contribution >= 0.6 is 23.6 Å². The first-order valence-electron chi connectivity index (χ1n) is 8.45. The van der Waals surface area contributed by atoms with E-state index in [1.807, 2.05) is 37.3 Å². The first kappa shape index (κ1) is 19.8. The molecule has 0 saturated carbocycles. The van der Waals surface area contributed by atoms with Crippen LogP contribution in [0, 0.1) is 10.9 Å².